The summed E-state index contributed by atoms with van der Waals surface area (Å²) in [7, 11) is 2.03. The van der Waals surface area contributed by atoms with Crippen LogP contribution in [0.2, 0.25) is 0 Å². The van der Waals surface area contributed by atoms with Crippen molar-refractivity contribution in [2.24, 2.45) is 10.8 Å². The molecule has 24 heavy (non-hydrogen) atoms. The molecule has 1 atom stereocenters. The summed E-state index contributed by atoms with van der Waals surface area (Å²) in [6.45, 7) is 1.99. The number of nitrogens with two attached hydrogens (primary N) is 1. The van der Waals surface area contributed by atoms with Gasteiger partial charge in [-0.3, -0.25) is 0 Å². The van der Waals surface area contributed by atoms with Crippen molar-refractivity contribution in [2.45, 2.75) is 45.1 Å². The maximum Gasteiger partial charge on any atom is 0.294 e. The highest BCUT2D eigenvalue weighted by atomic mass is 32.1. The third-order valence-electron chi connectivity index (χ3n) is 5.06. The highest BCUT2D eigenvalue weighted by Gasteiger charge is 2.38. The first kappa shape index (κ1) is 17.0. The first-order chi connectivity index (χ1) is 11.5. The second kappa shape index (κ2) is 6.95. The first-order valence-corrected chi connectivity index (χ1v) is 9.01. The van der Waals surface area contributed by atoms with Crippen LogP contribution in [-0.2, 0) is 0 Å². The van der Waals surface area contributed by atoms with E-state index >= 15 is 0 Å². The monoisotopic (exact) mass is 341 g/mol. The van der Waals surface area contributed by atoms with Gasteiger partial charge in [0.1, 0.15) is 18.8 Å². The fourth-order valence-corrected chi connectivity index (χ4v) is 3.71. The molecule has 126 valence electrons. The molecule has 0 amide bonds. The van der Waals surface area contributed by atoms with Gasteiger partial charge in [-0.15, -0.1) is 4.59 Å². The Hall–Kier alpha value is -1.85. The van der Waals surface area contributed by atoms with Gasteiger partial charge in [0.25, 0.3) is 5.11 Å². The van der Waals surface area contributed by atoms with Gasteiger partial charge >= 0.3 is 0 Å². The molecule has 2 aromatic rings. The van der Waals surface area contributed by atoms with Crippen LogP contribution in [0.5, 0.6) is 0 Å². The van der Waals surface area contributed by atoms with Crippen LogP contribution in [0.15, 0.2) is 41.5 Å². The Kier molecular flexibility index (Phi) is 4.92. The SMILES string of the molecule is C/C(=N\[N+](C)(C(N)=S)C1CCCCC1)c1ccc2ccccc2n1. The number of rotatable bonds is 3. The molecule has 0 aliphatic heterocycles. The largest absolute Gasteiger partial charge is 0.343 e. The molecule has 3 rings (SSSR count). The molecular formula is C19H25N4S+. The van der Waals surface area contributed by atoms with Crippen LogP contribution >= 0.6 is 12.2 Å². The number of quaternary nitrogens is 1. The molecule has 0 radical (unpaired) electrons. The van der Waals surface area contributed by atoms with Gasteiger partial charge < -0.3 is 5.73 Å². The van der Waals surface area contributed by atoms with Crippen molar-refractivity contribution in [2.75, 3.05) is 7.05 Å². The van der Waals surface area contributed by atoms with E-state index in [9.17, 15) is 0 Å². The molecule has 1 fully saturated rings. The number of para-hydroxylation sites is 1. The lowest BCUT2D eigenvalue weighted by molar-refractivity contribution is -0.854. The lowest BCUT2D eigenvalue weighted by Gasteiger charge is -2.36. The quantitative estimate of drug-likeness (QED) is 0.398. The van der Waals surface area contributed by atoms with Crippen LogP contribution in [0.3, 0.4) is 0 Å². The van der Waals surface area contributed by atoms with E-state index in [2.05, 4.69) is 12.1 Å². The number of fused-ring (bicyclic) bond motifs is 1. The average molecular weight is 342 g/mol. The summed E-state index contributed by atoms with van der Waals surface area (Å²) >= 11 is 5.38. The fraction of sp³-hybridized carbons (Fsp3) is 0.421. The Labute approximate surface area is 149 Å². The first-order valence-electron chi connectivity index (χ1n) is 8.60. The van der Waals surface area contributed by atoms with E-state index in [-0.39, 0.29) is 4.59 Å². The third kappa shape index (κ3) is 3.32. The summed E-state index contributed by atoms with van der Waals surface area (Å²) in [4.78, 5) is 4.74. The number of pyridine rings is 1. The lowest BCUT2D eigenvalue weighted by Crippen LogP contribution is -2.56. The zero-order chi connectivity index (χ0) is 17.2. The Morgan fingerprint density at radius 1 is 1.17 bits per heavy atom. The molecule has 1 aromatic carbocycles. The predicted octanol–water partition coefficient (Wildman–Crippen LogP) is 3.98. The number of nitrogens with zero attached hydrogens (tertiary/aromatic N) is 3. The van der Waals surface area contributed by atoms with Crippen molar-refractivity contribution < 1.29 is 4.59 Å². The highest BCUT2D eigenvalue weighted by molar-refractivity contribution is 7.79. The van der Waals surface area contributed by atoms with Crippen LogP contribution in [0.1, 0.15) is 44.7 Å². The van der Waals surface area contributed by atoms with Gasteiger partial charge in [0.15, 0.2) is 0 Å². The summed E-state index contributed by atoms with van der Waals surface area (Å²) in [6.07, 6.45) is 5.99. The van der Waals surface area contributed by atoms with E-state index in [1.807, 2.05) is 38.2 Å². The molecule has 4 nitrogen and oxygen atoms in total. The van der Waals surface area contributed by atoms with Crippen LogP contribution in [0.4, 0.5) is 0 Å². The summed E-state index contributed by atoms with van der Waals surface area (Å²) in [6, 6.07) is 12.6. The van der Waals surface area contributed by atoms with E-state index in [0.717, 1.165) is 35.2 Å². The fourth-order valence-electron chi connectivity index (χ4n) is 3.53. The molecule has 5 heteroatoms. The Morgan fingerprint density at radius 2 is 1.88 bits per heavy atom. The van der Waals surface area contributed by atoms with Gasteiger partial charge in [0, 0.05) is 30.4 Å². The minimum Gasteiger partial charge on any atom is -0.343 e. The topological polar surface area (TPSA) is 51.3 Å². The zero-order valence-electron chi connectivity index (χ0n) is 14.4. The average Bonchev–Trinajstić information content (AvgIpc) is 2.61. The van der Waals surface area contributed by atoms with E-state index in [4.69, 9.17) is 28.0 Å². The maximum absolute atomic E-state index is 6.09. The van der Waals surface area contributed by atoms with Gasteiger partial charge in [-0.05, 0) is 31.9 Å². The van der Waals surface area contributed by atoms with E-state index in [1.54, 1.807) is 0 Å². The zero-order valence-corrected chi connectivity index (χ0v) is 15.2. The van der Waals surface area contributed by atoms with Crippen molar-refractivity contribution in [3.05, 3.63) is 42.1 Å². The minimum atomic E-state index is 0.287. The second-order valence-corrected chi connectivity index (χ2v) is 7.15. The van der Waals surface area contributed by atoms with E-state index in [0.29, 0.717) is 11.2 Å². The second-order valence-electron chi connectivity index (χ2n) is 6.73. The van der Waals surface area contributed by atoms with Gasteiger partial charge in [-0.25, -0.2) is 4.98 Å². The smallest absolute Gasteiger partial charge is 0.294 e. The van der Waals surface area contributed by atoms with Crippen LogP contribution < -0.4 is 5.73 Å². The van der Waals surface area contributed by atoms with Crippen LogP contribution in [0, 0.1) is 0 Å². The van der Waals surface area contributed by atoms with Gasteiger partial charge in [0.05, 0.1) is 11.2 Å². The predicted molar refractivity (Wildman–Crippen MR) is 104 cm³/mol. The molecule has 1 saturated carbocycles. The number of aromatic nitrogens is 1. The summed E-state index contributed by atoms with van der Waals surface area (Å²) in [5.41, 5.74) is 8.83. The van der Waals surface area contributed by atoms with Gasteiger partial charge in [0.2, 0.25) is 0 Å². The molecule has 0 bridgehead atoms. The normalized spacial score (nSPS) is 19.2. The number of benzene rings is 1. The molecule has 1 aliphatic carbocycles. The Morgan fingerprint density at radius 3 is 2.58 bits per heavy atom. The Bertz CT molecular complexity index is 780. The molecule has 1 unspecified atom stereocenters. The van der Waals surface area contributed by atoms with Crippen molar-refractivity contribution in [3.8, 4) is 0 Å². The van der Waals surface area contributed by atoms with Crippen molar-refractivity contribution >= 4 is 33.9 Å². The Balaban J connectivity index is 1.97. The highest BCUT2D eigenvalue weighted by Crippen LogP contribution is 2.28. The van der Waals surface area contributed by atoms with Gasteiger partial charge in [-0.1, -0.05) is 35.8 Å². The van der Waals surface area contributed by atoms with Crippen molar-refractivity contribution in [3.63, 3.8) is 0 Å². The molecular weight excluding hydrogens is 316 g/mol. The number of hydrogen-bond acceptors (Lipinski definition) is 3. The summed E-state index contributed by atoms with van der Waals surface area (Å²) in [5, 5.41) is 6.50. The van der Waals surface area contributed by atoms with E-state index < -0.39 is 0 Å². The molecule has 1 aliphatic rings. The number of thiocarbonyl (C=S) groups is 1. The molecule has 0 spiro atoms. The minimum absolute atomic E-state index is 0.287. The van der Waals surface area contributed by atoms with Crippen molar-refractivity contribution in [1.82, 2.24) is 4.98 Å². The molecule has 1 heterocycles. The third-order valence-corrected chi connectivity index (χ3v) is 5.43. The van der Waals surface area contributed by atoms with E-state index in [1.165, 1.54) is 19.3 Å². The number of hydrogen-bond donors (Lipinski definition) is 1. The lowest BCUT2D eigenvalue weighted by atomic mass is 9.94. The van der Waals surface area contributed by atoms with Crippen molar-refractivity contribution in [1.29, 1.82) is 0 Å². The van der Waals surface area contributed by atoms with Gasteiger partial charge in [-0.2, -0.15) is 0 Å². The molecule has 0 saturated heterocycles. The van der Waals surface area contributed by atoms with Crippen LogP contribution in [-0.4, -0.2) is 33.5 Å². The summed E-state index contributed by atoms with van der Waals surface area (Å²) in [5.74, 6) is 0. The molecule has 2 N–H and O–H groups in total. The maximum atomic E-state index is 6.09. The molecule has 1 aromatic heterocycles. The standard InChI is InChI=1S/C19H24N4S/c1-14(17-13-12-15-8-6-7-11-18(15)21-17)22-23(2,19(20)24)16-9-4-3-5-10-16/h6-8,11-13,16H,3-5,9-10H2,1-2H3,(H-,20,24)/p+1/b22-14+. The summed E-state index contributed by atoms with van der Waals surface area (Å²) < 4.78 is 0.287. The van der Waals surface area contributed by atoms with Crippen LogP contribution in [0.25, 0.3) is 10.9 Å².